The summed E-state index contributed by atoms with van der Waals surface area (Å²) in [6.07, 6.45) is 3.52. The summed E-state index contributed by atoms with van der Waals surface area (Å²) in [6.45, 7) is 4.15. The van der Waals surface area contributed by atoms with Crippen LogP contribution < -0.4 is 10.1 Å². The van der Waals surface area contributed by atoms with E-state index in [4.69, 9.17) is 4.74 Å². The molecule has 1 aromatic heterocycles. The molecule has 5 heteroatoms. The molecule has 0 radical (unpaired) electrons. The Hall–Kier alpha value is -1.88. The molecule has 0 amide bonds. The molecule has 0 aliphatic heterocycles. The lowest BCUT2D eigenvalue weighted by Gasteiger charge is -2.09. The molecule has 114 valence electrons. The zero-order valence-corrected chi connectivity index (χ0v) is 12.6. The minimum atomic E-state index is -0.309. The van der Waals surface area contributed by atoms with E-state index in [0.29, 0.717) is 25.3 Å². The summed E-state index contributed by atoms with van der Waals surface area (Å²) in [6, 6.07) is 7.05. The number of aryl methyl sites for hydroxylation is 1. The Balaban J connectivity index is 1.84. The summed E-state index contributed by atoms with van der Waals surface area (Å²) in [5.74, 6) is -0.00721. The molecule has 1 N–H and O–H groups in total. The van der Waals surface area contributed by atoms with Gasteiger partial charge in [0.2, 0.25) is 0 Å². The molecule has 1 aromatic carbocycles. The number of rotatable bonds is 8. The first-order chi connectivity index (χ1) is 10.2. The van der Waals surface area contributed by atoms with Crippen molar-refractivity contribution in [3.05, 3.63) is 47.5 Å². The summed E-state index contributed by atoms with van der Waals surface area (Å²) in [5, 5.41) is 7.34. The van der Waals surface area contributed by atoms with Gasteiger partial charge in [0.15, 0.2) is 11.6 Å². The number of aromatic nitrogens is 2. The summed E-state index contributed by atoms with van der Waals surface area (Å²) in [4.78, 5) is 0. The quantitative estimate of drug-likeness (QED) is 0.760. The molecule has 0 atom stereocenters. The Morgan fingerprint density at radius 1 is 1.33 bits per heavy atom. The van der Waals surface area contributed by atoms with Crippen molar-refractivity contribution in [1.82, 2.24) is 15.1 Å². The first kappa shape index (κ1) is 15.5. The van der Waals surface area contributed by atoms with Crippen molar-refractivity contribution in [2.75, 3.05) is 13.2 Å². The lowest BCUT2D eigenvalue weighted by Crippen LogP contribution is -2.14. The zero-order chi connectivity index (χ0) is 15.1. The molecule has 0 aliphatic rings. The van der Waals surface area contributed by atoms with E-state index in [0.717, 1.165) is 24.2 Å². The van der Waals surface area contributed by atoms with Crippen molar-refractivity contribution < 1.29 is 9.13 Å². The second-order valence-electron chi connectivity index (χ2n) is 4.99. The second kappa shape index (κ2) is 7.78. The maximum atomic E-state index is 13.9. The van der Waals surface area contributed by atoms with Gasteiger partial charge in [-0.1, -0.05) is 13.0 Å². The molecular weight excluding hydrogens is 269 g/mol. The smallest absolute Gasteiger partial charge is 0.165 e. The van der Waals surface area contributed by atoms with Gasteiger partial charge < -0.3 is 10.1 Å². The summed E-state index contributed by atoms with van der Waals surface area (Å²) < 4.78 is 21.2. The van der Waals surface area contributed by atoms with Gasteiger partial charge in [0.25, 0.3) is 0 Å². The highest BCUT2D eigenvalue weighted by atomic mass is 19.1. The number of ether oxygens (including phenoxy) is 1. The van der Waals surface area contributed by atoms with Crippen LogP contribution in [0.4, 0.5) is 4.39 Å². The molecule has 4 nitrogen and oxygen atoms in total. The third-order valence-electron chi connectivity index (χ3n) is 3.29. The maximum absolute atomic E-state index is 13.9. The van der Waals surface area contributed by atoms with Crippen LogP contribution in [0.1, 0.15) is 24.6 Å². The normalized spacial score (nSPS) is 10.8. The first-order valence-corrected chi connectivity index (χ1v) is 7.29. The SMILES string of the molecule is CCCNCc1ccc(OCCc2ccnn2C)c(F)c1. The van der Waals surface area contributed by atoms with E-state index in [-0.39, 0.29) is 5.82 Å². The van der Waals surface area contributed by atoms with E-state index >= 15 is 0 Å². The fourth-order valence-corrected chi connectivity index (χ4v) is 2.09. The van der Waals surface area contributed by atoms with E-state index in [1.165, 1.54) is 6.07 Å². The fourth-order valence-electron chi connectivity index (χ4n) is 2.09. The van der Waals surface area contributed by atoms with Crippen molar-refractivity contribution in [3.63, 3.8) is 0 Å². The van der Waals surface area contributed by atoms with Crippen LogP contribution in [0, 0.1) is 5.82 Å². The molecule has 0 unspecified atom stereocenters. The minimum absolute atomic E-state index is 0.302. The van der Waals surface area contributed by atoms with Crippen molar-refractivity contribution >= 4 is 0 Å². The molecule has 1 heterocycles. The van der Waals surface area contributed by atoms with Crippen molar-refractivity contribution in [3.8, 4) is 5.75 Å². The third kappa shape index (κ3) is 4.56. The van der Waals surface area contributed by atoms with Crippen LogP contribution in [0.5, 0.6) is 5.75 Å². The predicted octanol–water partition coefficient (Wildman–Crippen LogP) is 2.68. The Labute approximate surface area is 124 Å². The van der Waals surface area contributed by atoms with Gasteiger partial charge >= 0.3 is 0 Å². The number of nitrogens with zero attached hydrogens (tertiary/aromatic N) is 2. The number of halogens is 1. The number of hydrogen-bond donors (Lipinski definition) is 1. The predicted molar refractivity (Wildman–Crippen MR) is 80.8 cm³/mol. The lowest BCUT2D eigenvalue weighted by molar-refractivity contribution is 0.302. The Kier molecular flexibility index (Phi) is 5.75. The van der Waals surface area contributed by atoms with E-state index in [1.54, 1.807) is 16.9 Å². The maximum Gasteiger partial charge on any atom is 0.165 e. The molecule has 0 spiro atoms. The monoisotopic (exact) mass is 291 g/mol. The van der Waals surface area contributed by atoms with Crippen LogP contribution in [0.25, 0.3) is 0 Å². The van der Waals surface area contributed by atoms with Crippen molar-refractivity contribution in [2.24, 2.45) is 7.05 Å². The molecule has 2 rings (SSSR count). The zero-order valence-electron chi connectivity index (χ0n) is 12.6. The molecule has 0 aliphatic carbocycles. The third-order valence-corrected chi connectivity index (χ3v) is 3.29. The van der Waals surface area contributed by atoms with Gasteiger partial charge in [0.1, 0.15) is 0 Å². The molecule has 0 fully saturated rings. The van der Waals surface area contributed by atoms with Gasteiger partial charge in [-0.15, -0.1) is 0 Å². The molecule has 21 heavy (non-hydrogen) atoms. The minimum Gasteiger partial charge on any atom is -0.490 e. The highest BCUT2D eigenvalue weighted by Gasteiger charge is 2.06. The van der Waals surface area contributed by atoms with Gasteiger partial charge in [0, 0.05) is 31.9 Å². The fraction of sp³-hybridized carbons (Fsp3) is 0.438. The van der Waals surface area contributed by atoms with Gasteiger partial charge in [-0.25, -0.2) is 4.39 Å². The summed E-state index contributed by atoms with van der Waals surface area (Å²) in [5.41, 5.74) is 2.00. The van der Waals surface area contributed by atoms with E-state index in [1.807, 2.05) is 19.2 Å². The average Bonchev–Trinajstić information content (AvgIpc) is 2.87. The Morgan fingerprint density at radius 3 is 2.86 bits per heavy atom. The first-order valence-electron chi connectivity index (χ1n) is 7.29. The van der Waals surface area contributed by atoms with Crippen molar-refractivity contribution in [2.45, 2.75) is 26.3 Å². The average molecular weight is 291 g/mol. The van der Waals surface area contributed by atoms with Gasteiger partial charge in [0.05, 0.1) is 6.61 Å². The largest absolute Gasteiger partial charge is 0.490 e. The molecule has 0 saturated heterocycles. The Bertz CT molecular complexity index is 568. The number of hydrogen-bond acceptors (Lipinski definition) is 3. The van der Waals surface area contributed by atoms with Crippen LogP contribution in [0.15, 0.2) is 30.5 Å². The van der Waals surface area contributed by atoms with Crippen molar-refractivity contribution in [1.29, 1.82) is 0 Å². The standard InChI is InChI=1S/C16H22FN3O/c1-3-8-18-12-13-4-5-16(15(17)11-13)21-10-7-14-6-9-19-20(14)2/h4-6,9,11,18H,3,7-8,10,12H2,1-2H3. The molecule has 2 aromatic rings. The summed E-state index contributed by atoms with van der Waals surface area (Å²) in [7, 11) is 1.88. The molecule has 0 bridgehead atoms. The van der Waals surface area contributed by atoms with Gasteiger partial charge in [-0.3, -0.25) is 4.68 Å². The Morgan fingerprint density at radius 2 is 2.19 bits per heavy atom. The van der Waals surface area contributed by atoms with Crippen LogP contribution in [0.3, 0.4) is 0 Å². The van der Waals surface area contributed by atoms with E-state index < -0.39 is 0 Å². The number of nitrogens with one attached hydrogen (secondary N) is 1. The van der Waals surface area contributed by atoms with Gasteiger partial charge in [-0.2, -0.15) is 5.10 Å². The lowest BCUT2D eigenvalue weighted by atomic mass is 10.2. The summed E-state index contributed by atoms with van der Waals surface area (Å²) >= 11 is 0. The topological polar surface area (TPSA) is 39.1 Å². The van der Waals surface area contributed by atoms with E-state index in [2.05, 4.69) is 17.3 Å². The van der Waals surface area contributed by atoms with Crippen LogP contribution in [-0.2, 0) is 20.0 Å². The highest BCUT2D eigenvalue weighted by Crippen LogP contribution is 2.18. The molecular formula is C16H22FN3O. The highest BCUT2D eigenvalue weighted by molar-refractivity contribution is 5.29. The van der Waals surface area contributed by atoms with E-state index in [9.17, 15) is 4.39 Å². The van der Waals surface area contributed by atoms with Gasteiger partial charge in [-0.05, 0) is 36.7 Å². The molecule has 0 saturated carbocycles. The van der Waals surface area contributed by atoms with Crippen LogP contribution >= 0.6 is 0 Å². The van der Waals surface area contributed by atoms with Crippen LogP contribution in [-0.4, -0.2) is 22.9 Å². The number of benzene rings is 1. The second-order valence-corrected chi connectivity index (χ2v) is 4.99. The van der Waals surface area contributed by atoms with Crippen LogP contribution in [0.2, 0.25) is 0 Å².